The summed E-state index contributed by atoms with van der Waals surface area (Å²) in [6, 6.07) is -1.78. The van der Waals surface area contributed by atoms with Crippen LogP contribution in [0.2, 0.25) is 0 Å². The minimum atomic E-state index is -5.34. The van der Waals surface area contributed by atoms with Gasteiger partial charge in [0.25, 0.3) is 0 Å². The summed E-state index contributed by atoms with van der Waals surface area (Å²) in [5.74, 6) is -1.83. The Bertz CT molecular complexity index is 928. The van der Waals surface area contributed by atoms with E-state index in [-0.39, 0.29) is 6.61 Å². The number of carbonyl (C=O) groups is 1. The van der Waals surface area contributed by atoms with E-state index in [1.165, 1.54) is 0 Å². The van der Waals surface area contributed by atoms with Crippen molar-refractivity contribution in [1.82, 2.24) is 4.72 Å². The van der Waals surface area contributed by atoms with Gasteiger partial charge in [-0.2, -0.15) is 21.6 Å². The number of aliphatic hydroxyl groups excluding tert-OH is 4. The summed E-state index contributed by atoms with van der Waals surface area (Å²) in [6.07, 6.45) is -18.0. The van der Waals surface area contributed by atoms with E-state index in [2.05, 4.69) is 4.18 Å². The topological polar surface area (TPSA) is 285 Å². The van der Waals surface area contributed by atoms with Crippen molar-refractivity contribution in [2.45, 2.75) is 74.7 Å². The molecule has 35 heavy (non-hydrogen) atoms. The summed E-state index contributed by atoms with van der Waals surface area (Å²) in [5, 5.41) is 49.8. The van der Waals surface area contributed by atoms with Crippen molar-refractivity contribution in [3.8, 4) is 0 Å². The van der Waals surface area contributed by atoms with E-state index in [1.807, 2.05) is 0 Å². The minimum Gasteiger partial charge on any atom is -0.479 e. The Balaban J connectivity index is 2.41. The molecule has 2 saturated heterocycles. The van der Waals surface area contributed by atoms with Gasteiger partial charge in [-0.05, 0) is 6.42 Å². The molecular formula is C15H27NO17S2. The van der Waals surface area contributed by atoms with Gasteiger partial charge in [0, 0.05) is 6.61 Å². The van der Waals surface area contributed by atoms with Gasteiger partial charge in [0.05, 0.1) is 6.61 Å². The fraction of sp³-hybridized carbons (Fsp3) is 0.933. The van der Waals surface area contributed by atoms with E-state index in [4.69, 9.17) is 23.5 Å². The van der Waals surface area contributed by atoms with Gasteiger partial charge in [0.1, 0.15) is 36.6 Å². The van der Waals surface area contributed by atoms with Crippen LogP contribution < -0.4 is 4.72 Å². The quantitative estimate of drug-likeness (QED) is 0.111. The second-order valence-electron chi connectivity index (χ2n) is 7.54. The number of hydrogen-bond donors (Lipinski definition) is 8. The summed E-state index contributed by atoms with van der Waals surface area (Å²) in [7, 11) is -10.3. The molecule has 2 aliphatic rings. The summed E-state index contributed by atoms with van der Waals surface area (Å²) in [4.78, 5) is 11.4. The molecular weight excluding hydrogens is 530 g/mol. The largest absolute Gasteiger partial charge is 0.479 e. The van der Waals surface area contributed by atoms with Crippen molar-refractivity contribution in [3.63, 3.8) is 0 Å². The number of rotatable bonds is 11. The Hall–Kier alpha value is -1.11. The SMILES string of the molecule is CCCO[C@@H]1O[C@H](CO)[C@@H](O[C@@H]2O[C@@H](C(=O)O)[C@@H](O)[C@H](O)[C@H]2OS(=O)(=O)O)[C@H](O)[C@H]1NS(=O)(=O)O. The predicted molar refractivity (Wildman–Crippen MR) is 106 cm³/mol. The summed E-state index contributed by atoms with van der Waals surface area (Å²) < 4.78 is 90.3. The Kier molecular flexibility index (Phi) is 10.3. The first-order valence-corrected chi connectivity index (χ1v) is 12.8. The van der Waals surface area contributed by atoms with Crippen molar-refractivity contribution in [2.75, 3.05) is 13.2 Å². The maximum absolute atomic E-state index is 11.4. The van der Waals surface area contributed by atoms with Crippen LogP contribution in [0.15, 0.2) is 0 Å². The Morgan fingerprint density at radius 3 is 2.09 bits per heavy atom. The number of nitrogens with one attached hydrogen (secondary N) is 1. The molecule has 20 heteroatoms. The lowest BCUT2D eigenvalue weighted by Gasteiger charge is -2.46. The zero-order valence-electron chi connectivity index (χ0n) is 17.9. The van der Waals surface area contributed by atoms with Crippen LogP contribution in [0.4, 0.5) is 0 Å². The van der Waals surface area contributed by atoms with Crippen LogP contribution in [0.1, 0.15) is 13.3 Å². The third kappa shape index (κ3) is 7.93. The summed E-state index contributed by atoms with van der Waals surface area (Å²) in [6.45, 7) is 0.760. The fourth-order valence-electron chi connectivity index (χ4n) is 3.46. The Morgan fingerprint density at radius 1 is 0.971 bits per heavy atom. The van der Waals surface area contributed by atoms with Gasteiger partial charge in [-0.15, -0.1) is 0 Å². The number of ether oxygens (including phenoxy) is 4. The number of aliphatic carboxylic acids is 1. The molecule has 2 fully saturated rings. The second kappa shape index (κ2) is 12.0. The highest BCUT2D eigenvalue weighted by molar-refractivity contribution is 7.83. The molecule has 0 bridgehead atoms. The van der Waals surface area contributed by atoms with E-state index < -0.39 is 94.6 Å². The third-order valence-corrected chi connectivity index (χ3v) is 5.97. The molecule has 0 saturated carbocycles. The van der Waals surface area contributed by atoms with Crippen molar-refractivity contribution in [3.05, 3.63) is 0 Å². The van der Waals surface area contributed by atoms with Gasteiger partial charge in [-0.1, -0.05) is 6.92 Å². The highest BCUT2D eigenvalue weighted by atomic mass is 32.3. The first-order valence-electron chi connectivity index (χ1n) is 9.95. The van der Waals surface area contributed by atoms with Crippen molar-refractivity contribution in [1.29, 1.82) is 0 Å². The molecule has 0 radical (unpaired) electrons. The van der Waals surface area contributed by atoms with E-state index in [1.54, 1.807) is 11.6 Å². The van der Waals surface area contributed by atoms with E-state index in [0.29, 0.717) is 6.42 Å². The number of hydrogen-bond acceptors (Lipinski definition) is 14. The van der Waals surface area contributed by atoms with Crippen molar-refractivity contribution >= 4 is 26.7 Å². The Morgan fingerprint density at radius 2 is 1.60 bits per heavy atom. The molecule has 10 atom stereocenters. The minimum absolute atomic E-state index is 0.00883. The van der Waals surface area contributed by atoms with E-state index in [9.17, 15) is 51.7 Å². The molecule has 0 aromatic heterocycles. The smallest absolute Gasteiger partial charge is 0.397 e. The van der Waals surface area contributed by atoms with E-state index >= 15 is 0 Å². The highest BCUT2D eigenvalue weighted by Crippen LogP contribution is 2.31. The summed E-state index contributed by atoms with van der Waals surface area (Å²) >= 11 is 0. The molecule has 0 aromatic rings. The highest BCUT2D eigenvalue weighted by Gasteiger charge is 2.54. The molecule has 2 rings (SSSR count). The van der Waals surface area contributed by atoms with Crippen molar-refractivity contribution in [2.24, 2.45) is 0 Å². The number of carboxylic acid groups (broad SMARTS) is 1. The molecule has 206 valence electrons. The van der Waals surface area contributed by atoms with Gasteiger partial charge in [-0.25, -0.2) is 8.98 Å². The second-order valence-corrected chi connectivity index (χ2v) is 9.77. The van der Waals surface area contributed by atoms with E-state index in [0.717, 1.165) is 0 Å². The molecule has 0 amide bonds. The molecule has 0 aliphatic carbocycles. The molecule has 0 spiro atoms. The number of carboxylic acids is 1. The van der Waals surface area contributed by atoms with Gasteiger partial charge in [0.2, 0.25) is 0 Å². The summed E-state index contributed by atoms with van der Waals surface area (Å²) in [5.41, 5.74) is 0. The molecule has 0 aromatic carbocycles. The van der Waals surface area contributed by atoms with Crippen LogP contribution in [-0.2, 0) is 48.6 Å². The lowest BCUT2D eigenvalue weighted by atomic mass is 9.96. The van der Waals surface area contributed by atoms with Crippen LogP contribution in [-0.4, -0.2) is 132 Å². The van der Waals surface area contributed by atoms with Gasteiger partial charge >= 0.3 is 26.7 Å². The molecule has 2 aliphatic heterocycles. The monoisotopic (exact) mass is 557 g/mol. The van der Waals surface area contributed by atoms with Gasteiger partial charge in [-0.3, -0.25) is 9.11 Å². The van der Waals surface area contributed by atoms with Crippen molar-refractivity contribution < 1.29 is 79.4 Å². The Labute approximate surface area is 199 Å². The van der Waals surface area contributed by atoms with Gasteiger partial charge < -0.3 is 44.5 Å². The van der Waals surface area contributed by atoms with Crippen LogP contribution >= 0.6 is 0 Å². The lowest BCUT2D eigenvalue weighted by Crippen LogP contribution is -2.68. The zero-order valence-corrected chi connectivity index (χ0v) is 19.6. The normalized spacial score (nSPS) is 38.8. The van der Waals surface area contributed by atoms with Crippen LogP contribution in [0.5, 0.6) is 0 Å². The zero-order chi connectivity index (χ0) is 26.7. The fourth-order valence-corrected chi connectivity index (χ4v) is 4.54. The van der Waals surface area contributed by atoms with Gasteiger partial charge in [0.15, 0.2) is 24.8 Å². The maximum atomic E-state index is 11.4. The standard InChI is InChI=1S/C15H27NO17S2/c1-2-3-29-14-6(16-34(23,24)25)7(18)10(5(4-17)30-14)31-15-12(33-35(26,27)28)9(20)8(19)11(32-15)13(21)22/h5-12,14-20H,2-4H2,1H3,(H,21,22)(H,23,24,25)(H,26,27,28)/t5-,6-,7-,8+,9+,10-,11-,12-,14-,15-/m1/s1. The average molecular weight is 558 g/mol. The molecule has 2 heterocycles. The predicted octanol–water partition coefficient (Wildman–Crippen LogP) is -4.64. The average Bonchev–Trinajstić information content (AvgIpc) is 2.73. The first-order chi connectivity index (χ1) is 16.1. The number of aliphatic hydroxyl groups is 4. The molecule has 0 unspecified atom stereocenters. The molecule has 8 N–H and O–H groups in total. The van der Waals surface area contributed by atoms with Crippen LogP contribution in [0.3, 0.4) is 0 Å². The van der Waals surface area contributed by atoms with Crippen LogP contribution in [0, 0.1) is 0 Å². The maximum Gasteiger partial charge on any atom is 0.397 e. The lowest BCUT2D eigenvalue weighted by molar-refractivity contribution is -0.340. The van der Waals surface area contributed by atoms with Crippen LogP contribution in [0.25, 0.3) is 0 Å². The first kappa shape index (κ1) is 30.1. The molecule has 18 nitrogen and oxygen atoms in total. The third-order valence-electron chi connectivity index (χ3n) is 4.94.